The molecule has 1 fully saturated rings. The first-order valence-corrected chi connectivity index (χ1v) is 9.73. The fourth-order valence-corrected chi connectivity index (χ4v) is 3.81. The number of carbonyl (C=O) groups is 1. The number of hydrogen-bond donors (Lipinski definition) is 1. The highest BCUT2D eigenvalue weighted by Gasteiger charge is 2.42. The van der Waals surface area contributed by atoms with Gasteiger partial charge in [-0.05, 0) is 43.0 Å². The molecule has 1 aliphatic rings. The third-order valence-corrected chi connectivity index (χ3v) is 5.34. The lowest BCUT2D eigenvalue weighted by Gasteiger charge is -2.28. The quantitative estimate of drug-likeness (QED) is 0.542. The summed E-state index contributed by atoms with van der Waals surface area (Å²) in [7, 11) is 0. The van der Waals surface area contributed by atoms with Crippen molar-refractivity contribution >= 4 is 17.3 Å². The zero-order chi connectivity index (χ0) is 20.9. The van der Waals surface area contributed by atoms with Crippen molar-refractivity contribution in [1.82, 2.24) is 0 Å². The van der Waals surface area contributed by atoms with Gasteiger partial charge in [-0.3, -0.25) is 14.9 Å². The molecule has 3 rings (SSSR count). The van der Waals surface area contributed by atoms with Crippen LogP contribution in [0.15, 0.2) is 42.5 Å². The molecule has 7 nitrogen and oxygen atoms in total. The maximum Gasteiger partial charge on any atom is 0.269 e. The average molecular weight is 393 g/mol. The Hall–Kier alpha value is -3.40. The number of nitriles is 1. The van der Waals surface area contributed by atoms with Crippen molar-refractivity contribution in [2.24, 2.45) is 0 Å². The summed E-state index contributed by atoms with van der Waals surface area (Å²) in [4.78, 5) is 23.7. The minimum atomic E-state index is -0.723. The number of hydrogen-bond acceptors (Lipinski definition) is 5. The van der Waals surface area contributed by atoms with Crippen LogP contribution in [0.1, 0.15) is 50.2 Å². The van der Waals surface area contributed by atoms with Crippen LogP contribution in [-0.4, -0.2) is 17.4 Å². The summed E-state index contributed by atoms with van der Waals surface area (Å²) >= 11 is 0. The van der Waals surface area contributed by atoms with E-state index in [1.54, 1.807) is 30.3 Å². The molecule has 0 unspecified atom stereocenters. The lowest BCUT2D eigenvalue weighted by molar-refractivity contribution is -0.384. The molecule has 0 spiro atoms. The Morgan fingerprint density at radius 2 is 1.93 bits per heavy atom. The summed E-state index contributed by atoms with van der Waals surface area (Å²) in [6, 6.07) is 13.4. The SMILES string of the molecule is CCCOc1ccc(NC(=O)C2(c3ccc([N+](=O)[O-])cc3)CCCC2)cc1C#N. The number of carbonyl (C=O) groups excluding carboxylic acids is 1. The van der Waals surface area contributed by atoms with Gasteiger partial charge in [0.2, 0.25) is 5.91 Å². The summed E-state index contributed by atoms with van der Waals surface area (Å²) < 4.78 is 5.57. The molecule has 0 saturated heterocycles. The zero-order valence-corrected chi connectivity index (χ0v) is 16.3. The van der Waals surface area contributed by atoms with Gasteiger partial charge in [0.1, 0.15) is 11.8 Å². The van der Waals surface area contributed by atoms with Crippen LogP contribution in [0.25, 0.3) is 0 Å². The molecule has 2 aromatic carbocycles. The van der Waals surface area contributed by atoms with Gasteiger partial charge in [-0.2, -0.15) is 5.26 Å². The smallest absolute Gasteiger partial charge is 0.269 e. The lowest BCUT2D eigenvalue weighted by atomic mass is 9.78. The molecule has 29 heavy (non-hydrogen) atoms. The summed E-state index contributed by atoms with van der Waals surface area (Å²) in [5, 5.41) is 23.3. The Morgan fingerprint density at radius 3 is 2.52 bits per heavy atom. The van der Waals surface area contributed by atoms with Crippen molar-refractivity contribution in [2.75, 3.05) is 11.9 Å². The fourth-order valence-electron chi connectivity index (χ4n) is 3.81. The zero-order valence-electron chi connectivity index (χ0n) is 16.3. The number of benzene rings is 2. The molecule has 7 heteroatoms. The second-order valence-corrected chi connectivity index (χ2v) is 7.22. The van der Waals surface area contributed by atoms with Crippen LogP contribution in [0.4, 0.5) is 11.4 Å². The first-order valence-electron chi connectivity index (χ1n) is 9.73. The third kappa shape index (κ3) is 4.21. The molecular weight excluding hydrogens is 370 g/mol. The van der Waals surface area contributed by atoms with E-state index in [-0.39, 0.29) is 11.6 Å². The number of nitrogens with one attached hydrogen (secondary N) is 1. The maximum absolute atomic E-state index is 13.3. The number of nitro benzene ring substituents is 1. The predicted molar refractivity (Wildman–Crippen MR) is 109 cm³/mol. The first kappa shape index (κ1) is 20.3. The van der Waals surface area contributed by atoms with Gasteiger partial charge in [0, 0.05) is 17.8 Å². The molecule has 0 bridgehead atoms. The molecule has 2 aromatic rings. The van der Waals surface area contributed by atoms with E-state index < -0.39 is 10.3 Å². The number of rotatable bonds is 7. The highest BCUT2D eigenvalue weighted by molar-refractivity contribution is 5.99. The van der Waals surface area contributed by atoms with Gasteiger partial charge in [0.05, 0.1) is 22.5 Å². The Balaban J connectivity index is 1.85. The molecule has 0 atom stereocenters. The number of non-ortho nitro benzene ring substituents is 1. The van der Waals surface area contributed by atoms with E-state index in [2.05, 4.69) is 11.4 Å². The van der Waals surface area contributed by atoms with Crippen molar-refractivity contribution < 1.29 is 14.5 Å². The molecular formula is C22H23N3O4. The van der Waals surface area contributed by atoms with Gasteiger partial charge in [-0.15, -0.1) is 0 Å². The van der Waals surface area contributed by atoms with Gasteiger partial charge in [0.25, 0.3) is 5.69 Å². The van der Waals surface area contributed by atoms with Crippen LogP contribution in [0, 0.1) is 21.4 Å². The van der Waals surface area contributed by atoms with E-state index in [4.69, 9.17) is 4.74 Å². The van der Waals surface area contributed by atoms with E-state index in [0.717, 1.165) is 24.8 Å². The minimum Gasteiger partial charge on any atom is -0.492 e. The van der Waals surface area contributed by atoms with Crippen molar-refractivity contribution in [1.29, 1.82) is 5.26 Å². The summed E-state index contributed by atoms with van der Waals surface area (Å²) in [5.41, 5.74) is 0.958. The average Bonchev–Trinajstić information content (AvgIpc) is 3.24. The number of nitro groups is 1. The highest BCUT2D eigenvalue weighted by Crippen LogP contribution is 2.42. The number of ether oxygens (including phenoxy) is 1. The highest BCUT2D eigenvalue weighted by atomic mass is 16.6. The predicted octanol–water partition coefficient (Wildman–Crippen LogP) is 4.71. The molecule has 1 aliphatic carbocycles. The lowest BCUT2D eigenvalue weighted by Crippen LogP contribution is -2.38. The first-order chi connectivity index (χ1) is 14.0. The third-order valence-electron chi connectivity index (χ3n) is 5.34. The maximum atomic E-state index is 13.3. The van der Waals surface area contributed by atoms with Crippen molar-refractivity contribution in [2.45, 2.75) is 44.4 Å². The molecule has 1 saturated carbocycles. The van der Waals surface area contributed by atoms with Crippen molar-refractivity contribution in [3.05, 3.63) is 63.7 Å². The van der Waals surface area contributed by atoms with Crippen molar-refractivity contribution in [3.63, 3.8) is 0 Å². The fraction of sp³-hybridized carbons (Fsp3) is 0.364. The van der Waals surface area contributed by atoms with Gasteiger partial charge < -0.3 is 10.1 Å². The molecule has 0 aromatic heterocycles. The normalized spacial score (nSPS) is 14.8. The number of anilines is 1. The van der Waals surface area contributed by atoms with Crippen molar-refractivity contribution in [3.8, 4) is 11.8 Å². The number of amides is 1. The largest absolute Gasteiger partial charge is 0.492 e. The van der Waals surface area contributed by atoms with Crippen LogP contribution < -0.4 is 10.1 Å². The Bertz CT molecular complexity index is 942. The second-order valence-electron chi connectivity index (χ2n) is 7.22. The standard InChI is InChI=1S/C22H23N3O4/c1-2-13-29-20-10-7-18(14-16(20)15-23)24-21(26)22(11-3-4-12-22)17-5-8-19(9-6-17)25(27)28/h5-10,14H,2-4,11-13H2,1H3,(H,24,26). The van der Waals surface area contributed by atoms with E-state index in [9.17, 15) is 20.2 Å². The molecule has 0 radical (unpaired) electrons. The summed E-state index contributed by atoms with van der Waals surface area (Å²) in [5.74, 6) is 0.341. The monoisotopic (exact) mass is 393 g/mol. The van der Waals surface area contributed by atoms with Gasteiger partial charge in [0.15, 0.2) is 0 Å². The summed E-state index contributed by atoms with van der Waals surface area (Å²) in [6.07, 6.45) is 4.02. The van der Waals surface area contributed by atoms with Gasteiger partial charge in [-0.25, -0.2) is 0 Å². The van der Waals surface area contributed by atoms with Crippen LogP contribution in [0.3, 0.4) is 0 Å². The molecule has 0 aliphatic heterocycles. The molecule has 1 N–H and O–H groups in total. The Labute approximate surface area is 169 Å². The van der Waals surface area contributed by atoms with Crippen LogP contribution in [0.2, 0.25) is 0 Å². The van der Waals surface area contributed by atoms with Crippen LogP contribution in [-0.2, 0) is 10.2 Å². The van der Waals surface area contributed by atoms with Crippen LogP contribution in [0.5, 0.6) is 5.75 Å². The second kappa shape index (κ2) is 8.74. The van der Waals surface area contributed by atoms with Crippen LogP contribution >= 0.6 is 0 Å². The topological polar surface area (TPSA) is 105 Å². The van der Waals surface area contributed by atoms with E-state index in [1.165, 1.54) is 12.1 Å². The minimum absolute atomic E-state index is 0.00337. The Morgan fingerprint density at radius 1 is 1.24 bits per heavy atom. The van der Waals surface area contributed by atoms with Gasteiger partial charge >= 0.3 is 0 Å². The molecule has 0 heterocycles. The molecule has 1 amide bonds. The Kier molecular flexibility index (Phi) is 6.13. The van der Waals surface area contributed by atoms with E-state index in [0.29, 0.717) is 36.4 Å². The van der Waals surface area contributed by atoms with Gasteiger partial charge in [-0.1, -0.05) is 31.9 Å². The van der Waals surface area contributed by atoms with E-state index in [1.807, 2.05) is 6.92 Å². The number of nitrogens with zero attached hydrogens (tertiary/aromatic N) is 2. The molecule has 150 valence electrons. The van der Waals surface area contributed by atoms with E-state index >= 15 is 0 Å². The summed E-state index contributed by atoms with van der Waals surface area (Å²) in [6.45, 7) is 2.50.